The van der Waals surface area contributed by atoms with Crippen LogP contribution in [0.3, 0.4) is 0 Å². The normalized spacial score (nSPS) is 25.2. The van der Waals surface area contributed by atoms with Gasteiger partial charge >= 0.3 is 0 Å². The van der Waals surface area contributed by atoms with Gasteiger partial charge in [-0.2, -0.15) is 0 Å². The SMILES string of the molecule is CC1CCCC(n2c(N)nc3cccnc32)C1. The fraction of sp³-hybridized carbons (Fsp3) is 0.538. The van der Waals surface area contributed by atoms with Crippen LogP contribution < -0.4 is 5.73 Å². The van der Waals surface area contributed by atoms with Gasteiger partial charge in [0.25, 0.3) is 0 Å². The predicted molar refractivity (Wildman–Crippen MR) is 68.6 cm³/mol. The van der Waals surface area contributed by atoms with Crippen molar-refractivity contribution in [3.8, 4) is 0 Å². The van der Waals surface area contributed by atoms with Crippen LogP contribution in [-0.2, 0) is 0 Å². The number of fused-ring (bicyclic) bond motifs is 1. The molecule has 17 heavy (non-hydrogen) atoms. The van der Waals surface area contributed by atoms with E-state index in [1.807, 2.05) is 18.3 Å². The second-order valence-electron chi connectivity index (χ2n) is 5.11. The first-order valence-corrected chi connectivity index (χ1v) is 6.34. The Hall–Kier alpha value is -1.58. The maximum absolute atomic E-state index is 6.04. The van der Waals surface area contributed by atoms with Gasteiger partial charge in [0.2, 0.25) is 5.95 Å². The Morgan fingerprint density at radius 1 is 1.41 bits per heavy atom. The largest absolute Gasteiger partial charge is 0.369 e. The number of nitrogens with zero attached hydrogens (tertiary/aromatic N) is 3. The maximum atomic E-state index is 6.04. The van der Waals surface area contributed by atoms with Crippen LogP contribution in [0.15, 0.2) is 18.3 Å². The molecule has 3 rings (SSSR count). The number of nitrogens with two attached hydrogens (primary N) is 1. The molecule has 0 aliphatic heterocycles. The van der Waals surface area contributed by atoms with Crippen molar-refractivity contribution in [2.24, 2.45) is 5.92 Å². The molecule has 0 bridgehead atoms. The lowest BCUT2D eigenvalue weighted by Gasteiger charge is -2.28. The van der Waals surface area contributed by atoms with Crippen molar-refractivity contribution in [3.05, 3.63) is 18.3 Å². The highest BCUT2D eigenvalue weighted by molar-refractivity contribution is 5.73. The molecule has 4 heteroatoms. The van der Waals surface area contributed by atoms with E-state index in [-0.39, 0.29) is 0 Å². The molecule has 1 saturated carbocycles. The first-order valence-electron chi connectivity index (χ1n) is 6.34. The Morgan fingerprint density at radius 3 is 3.12 bits per heavy atom. The number of nitrogen functional groups attached to an aromatic ring is 1. The van der Waals surface area contributed by atoms with Gasteiger partial charge in [0.05, 0.1) is 0 Å². The average molecular weight is 230 g/mol. The van der Waals surface area contributed by atoms with E-state index in [2.05, 4.69) is 21.5 Å². The molecule has 0 radical (unpaired) electrons. The van der Waals surface area contributed by atoms with Gasteiger partial charge in [0.15, 0.2) is 5.65 Å². The summed E-state index contributed by atoms with van der Waals surface area (Å²) in [5, 5.41) is 0. The zero-order valence-corrected chi connectivity index (χ0v) is 10.1. The molecule has 90 valence electrons. The Kier molecular flexibility index (Phi) is 2.50. The van der Waals surface area contributed by atoms with Crippen LogP contribution in [0, 0.1) is 5.92 Å². The van der Waals surface area contributed by atoms with E-state index < -0.39 is 0 Å². The molecule has 2 aromatic rings. The quantitative estimate of drug-likeness (QED) is 0.819. The zero-order valence-electron chi connectivity index (χ0n) is 10.1. The third kappa shape index (κ3) is 1.77. The van der Waals surface area contributed by atoms with Gasteiger partial charge < -0.3 is 5.73 Å². The lowest BCUT2D eigenvalue weighted by Crippen LogP contribution is -2.19. The van der Waals surface area contributed by atoms with Gasteiger partial charge in [-0.05, 0) is 30.9 Å². The summed E-state index contributed by atoms with van der Waals surface area (Å²) in [6, 6.07) is 4.35. The van der Waals surface area contributed by atoms with Crippen LogP contribution in [0.2, 0.25) is 0 Å². The highest BCUT2D eigenvalue weighted by Crippen LogP contribution is 2.35. The second-order valence-corrected chi connectivity index (χ2v) is 5.11. The number of rotatable bonds is 1. The average Bonchev–Trinajstić information content (AvgIpc) is 2.64. The van der Waals surface area contributed by atoms with E-state index >= 15 is 0 Å². The minimum absolute atomic E-state index is 0.471. The zero-order chi connectivity index (χ0) is 11.8. The summed E-state index contributed by atoms with van der Waals surface area (Å²) in [4.78, 5) is 8.81. The van der Waals surface area contributed by atoms with Crippen molar-refractivity contribution in [2.45, 2.75) is 38.6 Å². The van der Waals surface area contributed by atoms with E-state index in [4.69, 9.17) is 5.73 Å². The van der Waals surface area contributed by atoms with Crippen LogP contribution in [-0.4, -0.2) is 14.5 Å². The van der Waals surface area contributed by atoms with Gasteiger partial charge in [-0.1, -0.05) is 19.8 Å². The number of aromatic nitrogens is 3. The highest BCUT2D eigenvalue weighted by atomic mass is 15.2. The topological polar surface area (TPSA) is 56.7 Å². The van der Waals surface area contributed by atoms with E-state index in [1.54, 1.807) is 0 Å². The number of pyridine rings is 1. The number of hydrogen-bond donors (Lipinski definition) is 1. The van der Waals surface area contributed by atoms with E-state index in [1.165, 1.54) is 25.7 Å². The summed E-state index contributed by atoms with van der Waals surface area (Å²) in [5.74, 6) is 1.38. The molecule has 1 aliphatic carbocycles. The van der Waals surface area contributed by atoms with Crippen LogP contribution in [0.25, 0.3) is 11.2 Å². The van der Waals surface area contributed by atoms with Gasteiger partial charge in [-0.15, -0.1) is 0 Å². The number of imidazole rings is 1. The summed E-state index contributed by atoms with van der Waals surface area (Å²) < 4.78 is 2.13. The third-order valence-electron chi connectivity index (χ3n) is 3.75. The van der Waals surface area contributed by atoms with Crippen molar-refractivity contribution < 1.29 is 0 Å². The molecule has 1 aliphatic rings. The van der Waals surface area contributed by atoms with Gasteiger partial charge in [-0.3, -0.25) is 4.57 Å². The molecule has 2 aromatic heterocycles. The van der Waals surface area contributed by atoms with Crippen LogP contribution in [0.1, 0.15) is 38.6 Å². The maximum Gasteiger partial charge on any atom is 0.202 e. The van der Waals surface area contributed by atoms with Crippen LogP contribution in [0.4, 0.5) is 5.95 Å². The molecule has 0 saturated heterocycles. The lowest BCUT2D eigenvalue weighted by molar-refractivity contribution is 0.288. The van der Waals surface area contributed by atoms with Crippen molar-refractivity contribution in [1.82, 2.24) is 14.5 Å². The van der Waals surface area contributed by atoms with Crippen molar-refractivity contribution in [2.75, 3.05) is 5.73 Å². The Morgan fingerprint density at radius 2 is 2.29 bits per heavy atom. The van der Waals surface area contributed by atoms with E-state index in [9.17, 15) is 0 Å². The highest BCUT2D eigenvalue weighted by Gasteiger charge is 2.24. The minimum atomic E-state index is 0.471. The molecule has 2 unspecified atom stereocenters. The third-order valence-corrected chi connectivity index (χ3v) is 3.75. The summed E-state index contributed by atoms with van der Waals surface area (Å²) in [6.45, 7) is 2.31. The van der Waals surface area contributed by atoms with Gasteiger partial charge in [-0.25, -0.2) is 9.97 Å². The lowest BCUT2D eigenvalue weighted by atomic mass is 9.87. The first kappa shape index (κ1) is 10.6. The fourth-order valence-electron chi connectivity index (χ4n) is 2.94. The molecule has 2 heterocycles. The smallest absolute Gasteiger partial charge is 0.202 e. The molecule has 0 aromatic carbocycles. The molecule has 1 fully saturated rings. The minimum Gasteiger partial charge on any atom is -0.369 e. The number of hydrogen-bond acceptors (Lipinski definition) is 3. The second kappa shape index (κ2) is 4.02. The van der Waals surface area contributed by atoms with Crippen molar-refractivity contribution >= 4 is 17.1 Å². The Balaban J connectivity index is 2.06. The first-order chi connectivity index (χ1) is 8.25. The van der Waals surface area contributed by atoms with Gasteiger partial charge in [0, 0.05) is 12.2 Å². The molecular weight excluding hydrogens is 212 g/mol. The predicted octanol–water partition coefficient (Wildman–Crippen LogP) is 2.76. The molecular formula is C13H18N4. The van der Waals surface area contributed by atoms with E-state index in [0.29, 0.717) is 12.0 Å². The van der Waals surface area contributed by atoms with E-state index in [0.717, 1.165) is 17.1 Å². The van der Waals surface area contributed by atoms with Crippen molar-refractivity contribution in [3.63, 3.8) is 0 Å². The Bertz CT molecular complexity index is 531. The van der Waals surface area contributed by atoms with Crippen LogP contribution >= 0.6 is 0 Å². The Labute approximate surface area is 101 Å². The fourth-order valence-corrected chi connectivity index (χ4v) is 2.94. The molecule has 0 amide bonds. The summed E-state index contributed by atoms with van der Waals surface area (Å²) in [6.07, 6.45) is 6.79. The molecule has 4 nitrogen and oxygen atoms in total. The molecule has 0 spiro atoms. The standard InChI is InChI=1S/C13H18N4/c1-9-4-2-5-10(8-9)17-12-11(16-13(17)14)6-3-7-15-12/h3,6-7,9-10H,2,4-5,8H2,1H3,(H2,14,16). The summed E-state index contributed by atoms with van der Waals surface area (Å²) >= 11 is 0. The summed E-state index contributed by atoms with van der Waals surface area (Å²) in [7, 11) is 0. The molecule has 2 atom stereocenters. The monoisotopic (exact) mass is 230 g/mol. The molecule has 2 N–H and O–H groups in total. The summed E-state index contributed by atoms with van der Waals surface area (Å²) in [5.41, 5.74) is 7.88. The number of anilines is 1. The van der Waals surface area contributed by atoms with Gasteiger partial charge in [0.1, 0.15) is 5.52 Å². The van der Waals surface area contributed by atoms with Crippen LogP contribution in [0.5, 0.6) is 0 Å². The van der Waals surface area contributed by atoms with Crippen molar-refractivity contribution in [1.29, 1.82) is 0 Å².